The first-order valence-electron chi connectivity index (χ1n) is 2.83. The van der Waals surface area contributed by atoms with Gasteiger partial charge in [-0.25, -0.2) is 0 Å². The third-order valence-corrected chi connectivity index (χ3v) is 2.68. The molecule has 0 radical (unpaired) electrons. The first-order chi connectivity index (χ1) is 4.81. The number of amides is 1. The van der Waals surface area contributed by atoms with Crippen molar-refractivity contribution in [1.82, 2.24) is 0 Å². The predicted octanol–water partition coefficient (Wildman–Crippen LogP) is -0.0398. The summed E-state index contributed by atoms with van der Waals surface area (Å²) >= 11 is 0.810. The van der Waals surface area contributed by atoms with Crippen LogP contribution in [-0.4, -0.2) is 6.41 Å². The van der Waals surface area contributed by atoms with E-state index in [4.69, 9.17) is 4.79 Å². The van der Waals surface area contributed by atoms with Crippen molar-refractivity contribution < 1.29 is 30.9 Å². The van der Waals surface area contributed by atoms with Crippen LogP contribution in [0.2, 0.25) is 0 Å². The molecule has 2 N–H and O–H groups in total. The maximum atomic E-state index is 8.58. The Bertz CT molecular complexity index is 176. The topological polar surface area (TPSA) is 43.1 Å². The average molecular weight is 323 g/mol. The molecule has 0 aliphatic carbocycles. The third-order valence-electron chi connectivity index (χ3n) is 0.843. The van der Waals surface area contributed by atoms with E-state index in [1.165, 1.54) is 3.07 Å². The molecular formula is C7H8HgNO+. The fourth-order valence-electron chi connectivity index (χ4n) is 0.478. The minimum atomic E-state index is 0.250. The second-order valence-electron chi connectivity index (χ2n) is 1.62. The average Bonchev–Trinajstić information content (AvgIpc) is 1.91. The molecule has 0 saturated heterocycles. The first-order valence-corrected chi connectivity index (χ1v) is 5.58. The molecule has 1 rings (SSSR count). The van der Waals surface area contributed by atoms with Crippen LogP contribution in [0, 0.1) is 0 Å². The maximum absolute atomic E-state index is 8.58. The normalized spacial score (nSPS) is 7.40. The molecule has 1 amide bonds. The van der Waals surface area contributed by atoms with E-state index in [9.17, 15) is 0 Å². The van der Waals surface area contributed by atoms with Crippen molar-refractivity contribution >= 4 is 9.48 Å². The van der Waals surface area contributed by atoms with Gasteiger partial charge in [-0.15, -0.1) is 0 Å². The molecule has 0 aromatic heterocycles. The van der Waals surface area contributed by atoms with Crippen molar-refractivity contribution in [1.29, 1.82) is 0 Å². The van der Waals surface area contributed by atoms with Gasteiger partial charge in [-0.3, -0.25) is 4.79 Å². The second-order valence-corrected chi connectivity index (χ2v) is 4.80. The van der Waals surface area contributed by atoms with E-state index in [-0.39, 0.29) is 6.41 Å². The summed E-state index contributed by atoms with van der Waals surface area (Å²) in [4.78, 5) is 8.58. The molecular weight excluding hydrogens is 315 g/mol. The van der Waals surface area contributed by atoms with Crippen molar-refractivity contribution in [2.24, 2.45) is 5.73 Å². The molecule has 0 atom stereocenters. The summed E-state index contributed by atoms with van der Waals surface area (Å²) in [6.07, 6.45) is 0.250. The molecule has 2 nitrogen and oxygen atoms in total. The molecule has 0 fully saturated rings. The number of hydrogen-bond donors (Lipinski definition) is 1. The zero-order valence-corrected chi connectivity index (χ0v) is 11.2. The number of carbonyl (C=O) groups is 1. The summed E-state index contributed by atoms with van der Waals surface area (Å²) in [6.45, 7) is 0. The minimum absolute atomic E-state index is 0.250. The molecule has 10 heavy (non-hydrogen) atoms. The Balaban J connectivity index is 0.000000236. The quantitative estimate of drug-likeness (QED) is 0.529. The van der Waals surface area contributed by atoms with E-state index in [0.29, 0.717) is 0 Å². The molecule has 48 valence electrons. The van der Waals surface area contributed by atoms with E-state index < -0.39 is 0 Å². The van der Waals surface area contributed by atoms with Crippen LogP contribution in [0.3, 0.4) is 0 Å². The summed E-state index contributed by atoms with van der Waals surface area (Å²) < 4.78 is 1.52. The van der Waals surface area contributed by atoms with E-state index in [2.05, 4.69) is 36.1 Å². The van der Waals surface area contributed by atoms with Crippen molar-refractivity contribution in [3.05, 3.63) is 30.3 Å². The van der Waals surface area contributed by atoms with Crippen LogP contribution in [0.5, 0.6) is 0 Å². The van der Waals surface area contributed by atoms with Gasteiger partial charge in [0.1, 0.15) is 0 Å². The summed E-state index contributed by atoms with van der Waals surface area (Å²) in [5.41, 5.74) is 4.17. The first kappa shape index (κ1) is 9.63. The van der Waals surface area contributed by atoms with Crippen LogP contribution in [0.4, 0.5) is 0 Å². The summed E-state index contributed by atoms with van der Waals surface area (Å²) in [5.74, 6) is 0. The van der Waals surface area contributed by atoms with Crippen LogP contribution >= 0.6 is 0 Å². The number of rotatable bonds is 0. The summed E-state index contributed by atoms with van der Waals surface area (Å²) in [7, 11) is 0. The van der Waals surface area contributed by atoms with Crippen molar-refractivity contribution in [2.45, 2.75) is 0 Å². The van der Waals surface area contributed by atoms with E-state index in [0.717, 1.165) is 26.1 Å². The number of nitrogens with two attached hydrogens (primary N) is 1. The van der Waals surface area contributed by atoms with Gasteiger partial charge in [0.2, 0.25) is 6.41 Å². The monoisotopic (exact) mass is 324 g/mol. The molecule has 3 heteroatoms. The SMILES string of the molecule is NC=O.[Hg+][c]1ccccc1. The fraction of sp³-hybridized carbons (Fsp3) is 0. The van der Waals surface area contributed by atoms with Crippen molar-refractivity contribution in [3.8, 4) is 0 Å². The van der Waals surface area contributed by atoms with Gasteiger partial charge in [-0.2, -0.15) is 0 Å². The molecule has 1 aromatic carbocycles. The third kappa shape index (κ3) is 5.76. The van der Waals surface area contributed by atoms with Gasteiger partial charge in [-0.05, 0) is 0 Å². The van der Waals surface area contributed by atoms with Gasteiger partial charge in [0.05, 0.1) is 0 Å². The number of primary amides is 1. The predicted molar refractivity (Wildman–Crippen MR) is 36.3 cm³/mol. The van der Waals surface area contributed by atoms with Crippen LogP contribution in [-0.2, 0) is 30.9 Å². The van der Waals surface area contributed by atoms with Crippen LogP contribution in [0.25, 0.3) is 0 Å². The Morgan fingerprint density at radius 2 is 1.70 bits per heavy atom. The van der Waals surface area contributed by atoms with Crippen LogP contribution < -0.4 is 8.81 Å². The molecule has 0 aliphatic heterocycles. The fourth-order valence-corrected chi connectivity index (χ4v) is 1.54. The van der Waals surface area contributed by atoms with E-state index >= 15 is 0 Å². The summed E-state index contributed by atoms with van der Waals surface area (Å²) in [6, 6.07) is 10.6. The van der Waals surface area contributed by atoms with Crippen LogP contribution in [0.15, 0.2) is 30.3 Å². The molecule has 0 unspecified atom stereocenters. The Hall–Kier alpha value is -0.375. The zero-order valence-electron chi connectivity index (χ0n) is 5.66. The second kappa shape index (κ2) is 6.74. The standard InChI is InChI=1S/C6H5.CH3NO.Hg/c1-2-4-6-5-3-1;2-1-3;/h1-5H;1H,(H2,2,3);/q;;+1. The summed E-state index contributed by atoms with van der Waals surface area (Å²) in [5, 5.41) is 0. The van der Waals surface area contributed by atoms with Gasteiger partial charge in [-0.1, -0.05) is 0 Å². The van der Waals surface area contributed by atoms with Crippen molar-refractivity contribution in [2.75, 3.05) is 0 Å². The Kier molecular flexibility index (Phi) is 6.49. The van der Waals surface area contributed by atoms with Crippen molar-refractivity contribution in [3.63, 3.8) is 0 Å². The van der Waals surface area contributed by atoms with Gasteiger partial charge >= 0.3 is 59.5 Å². The Labute approximate surface area is 76.4 Å². The Morgan fingerprint density at radius 3 is 1.90 bits per heavy atom. The molecule has 0 spiro atoms. The van der Waals surface area contributed by atoms with Gasteiger partial charge < -0.3 is 5.73 Å². The van der Waals surface area contributed by atoms with Gasteiger partial charge in [0.25, 0.3) is 0 Å². The molecule has 0 heterocycles. The Morgan fingerprint density at radius 1 is 1.30 bits per heavy atom. The molecule has 1 aromatic rings. The molecule has 0 bridgehead atoms. The molecule has 0 saturated carbocycles. The van der Waals surface area contributed by atoms with Gasteiger partial charge in [0, 0.05) is 0 Å². The molecule has 0 aliphatic rings. The van der Waals surface area contributed by atoms with Gasteiger partial charge in [0.15, 0.2) is 0 Å². The van der Waals surface area contributed by atoms with E-state index in [1.807, 2.05) is 0 Å². The van der Waals surface area contributed by atoms with E-state index in [1.54, 1.807) is 0 Å². The number of hydrogen-bond acceptors (Lipinski definition) is 1. The number of benzene rings is 1. The van der Waals surface area contributed by atoms with Crippen LogP contribution in [0.1, 0.15) is 0 Å². The number of carbonyl (C=O) groups excluding carboxylic acids is 1. The zero-order chi connectivity index (χ0) is 7.82.